The van der Waals surface area contributed by atoms with E-state index in [0.29, 0.717) is 17.4 Å². The number of esters is 3. The average molecular weight is 449 g/mol. The van der Waals surface area contributed by atoms with Gasteiger partial charge in [0.15, 0.2) is 6.10 Å². The van der Waals surface area contributed by atoms with Crippen molar-refractivity contribution >= 4 is 17.9 Å². The van der Waals surface area contributed by atoms with Crippen LogP contribution in [0.15, 0.2) is 23.8 Å². The van der Waals surface area contributed by atoms with Crippen LogP contribution in [-0.4, -0.2) is 37.2 Å². The first-order chi connectivity index (χ1) is 14.9. The number of hydrogen-bond donors (Lipinski definition) is 0. The minimum absolute atomic E-state index is 0.00630. The maximum Gasteiger partial charge on any atom is 0.303 e. The van der Waals surface area contributed by atoms with Gasteiger partial charge < -0.3 is 14.2 Å². The molecule has 2 aliphatic carbocycles. The lowest BCUT2D eigenvalue weighted by Crippen LogP contribution is -2.50. The molecule has 32 heavy (non-hydrogen) atoms. The summed E-state index contributed by atoms with van der Waals surface area (Å²) in [4.78, 5) is 34.6. The second kappa shape index (κ2) is 10.7. The fraction of sp³-hybridized carbons (Fsp3) is 0.731. The SMILES string of the molecule is C=C1CCCC2C1(C)CCC(C)C2(C)C/C=C(\COC(C)=O)C(COC(C)=O)OC(C)=O. The van der Waals surface area contributed by atoms with Crippen molar-refractivity contribution in [3.8, 4) is 0 Å². The van der Waals surface area contributed by atoms with Crippen LogP contribution < -0.4 is 0 Å². The number of allylic oxidation sites excluding steroid dienone is 2. The Labute approximate surface area is 192 Å². The Bertz CT molecular complexity index is 768. The van der Waals surface area contributed by atoms with Crippen LogP contribution >= 0.6 is 0 Å². The van der Waals surface area contributed by atoms with E-state index in [0.717, 1.165) is 25.7 Å². The summed E-state index contributed by atoms with van der Waals surface area (Å²) >= 11 is 0. The highest BCUT2D eigenvalue weighted by atomic mass is 16.6. The van der Waals surface area contributed by atoms with Gasteiger partial charge >= 0.3 is 17.9 Å². The van der Waals surface area contributed by atoms with E-state index in [4.69, 9.17) is 14.2 Å². The zero-order valence-electron chi connectivity index (χ0n) is 20.6. The molecular formula is C26H40O6. The third kappa shape index (κ3) is 6.02. The van der Waals surface area contributed by atoms with E-state index in [1.165, 1.54) is 39.2 Å². The molecule has 0 N–H and O–H groups in total. The third-order valence-electron chi connectivity index (χ3n) is 7.97. The Morgan fingerprint density at radius 3 is 2.34 bits per heavy atom. The predicted molar refractivity (Wildman–Crippen MR) is 123 cm³/mol. The van der Waals surface area contributed by atoms with Gasteiger partial charge in [0, 0.05) is 26.3 Å². The second-order valence-electron chi connectivity index (χ2n) is 10.1. The molecular weight excluding hydrogens is 408 g/mol. The molecule has 0 aliphatic heterocycles. The summed E-state index contributed by atoms with van der Waals surface area (Å²) in [5.74, 6) is -0.341. The molecule has 0 spiro atoms. The molecule has 2 rings (SSSR count). The normalized spacial score (nSPS) is 31.3. The van der Waals surface area contributed by atoms with Gasteiger partial charge in [0.05, 0.1) is 0 Å². The zero-order valence-corrected chi connectivity index (χ0v) is 20.6. The molecule has 180 valence electrons. The largest absolute Gasteiger partial charge is 0.462 e. The van der Waals surface area contributed by atoms with E-state index >= 15 is 0 Å². The fourth-order valence-electron chi connectivity index (χ4n) is 5.74. The summed E-state index contributed by atoms with van der Waals surface area (Å²) in [7, 11) is 0. The maximum absolute atomic E-state index is 11.7. The summed E-state index contributed by atoms with van der Waals surface area (Å²) in [5, 5.41) is 0. The van der Waals surface area contributed by atoms with Gasteiger partial charge in [0.25, 0.3) is 0 Å². The molecule has 0 aromatic heterocycles. The summed E-state index contributed by atoms with van der Waals surface area (Å²) in [6.07, 6.45) is 7.75. The van der Waals surface area contributed by atoms with Crippen molar-refractivity contribution in [1.29, 1.82) is 0 Å². The van der Waals surface area contributed by atoms with Crippen LogP contribution in [0.4, 0.5) is 0 Å². The van der Waals surface area contributed by atoms with Gasteiger partial charge in [-0.2, -0.15) is 0 Å². The molecule has 0 aromatic rings. The smallest absolute Gasteiger partial charge is 0.303 e. The van der Waals surface area contributed by atoms with E-state index in [1.807, 2.05) is 6.08 Å². The molecule has 0 aromatic carbocycles. The Morgan fingerprint density at radius 1 is 1.09 bits per heavy atom. The standard InChI is InChI=1S/C26H40O6/c1-17-9-8-10-24-25(17,6)13-11-18(2)26(24,7)14-12-22(15-30-19(3)27)23(32-21(5)29)16-31-20(4)28/h12,18,23-24H,1,8-11,13-16H2,2-7H3/b22-12+. The summed E-state index contributed by atoms with van der Waals surface area (Å²) in [6, 6.07) is 0. The lowest BCUT2D eigenvalue weighted by atomic mass is 9.46. The van der Waals surface area contributed by atoms with Crippen molar-refractivity contribution in [2.45, 2.75) is 86.2 Å². The molecule has 6 nitrogen and oxygen atoms in total. The lowest BCUT2D eigenvalue weighted by molar-refractivity contribution is -0.154. The van der Waals surface area contributed by atoms with Crippen molar-refractivity contribution in [3.63, 3.8) is 0 Å². The van der Waals surface area contributed by atoms with Gasteiger partial charge in [0.1, 0.15) is 13.2 Å². The number of carbonyl (C=O) groups is 3. The first kappa shape index (κ1) is 26.1. The number of ether oxygens (including phenoxy) is 3. The summed E-state index contributed by atoms with van der Waals surface area (Å²) in [5.41, 5.74) is 2.17. The molecule has 2 aliphatic rings. The molecule has 0 heterocycles. The average Bonchev–Trinajstić information content (AvgIpc) is 2.70. The van der Waals surface area contributed by atoms with Crippen LogP contribution in [0, 0.1) is 22.7 Å². The molecule has 6 heteroatoms. The lowest BCUT2D eigenvalue weighted by Gasteiger charge is -2.58. The zero-order chi connectivity index (χ0) is 24.1. The Kier molecular flexibility index (Phi) is 8.72. The molecule has 0 radical (unpaired) electrons. The van der Waals surface area contributed by atoms with Crippen LogP contribution in [-0.2, 0) is 28.6 Å². The number of carbonyl (C=O) groups excluding carboxylic acids is 3. The van der Waals surface area contributed by atoms with E-state index < -0.39 is 24.0 Å². The van der Waals surface area contributed by atoms with E-state index in [-0.39, 0.29) is 24.0 Å². The highest BCUT2D eigenvalue weighted by molar-refractivity contribution is 5.68. The molecule has 0 saturated heterocycles. The monoisotopic (exact) mass is 448 g/mol. The van der Waals surface area contributed by atoms with Crippen molar-refractivity contribution in [2.24, 2.45) is 22.7 Å². The van der Waals surface area contributed by atoms with E-state index in [1.54, 1.807) is 0 Å². The van der Waals surface area contributed by atoms with Crippen LogP contribution in [0.5, 0.6) is 0 Å². The van der Waals surface area contributed by atoms with Gasteiger partial charge in [0.2, 0.25) is 0 Å². The highest BCUT2D eigenvalue weighted by Gasteiger charge is 2.53. The minimum atomic E-state index is -0.786. The quantitative estimate of drug-likeness (QED) is 0.290. The maximum atomic E-state index is 11.7. The van der Waals surface area contributed by atoms with Gasteiger partial charge in [-0.3, -0.25) is 14.4 Å². The van der Waals surface area contributed by atoms with Gasteiger partial charge in [-0.15, -0.1) is 0 Å². The second-order valence-corrected chi connectivity index (χ2v) is 10.1. The van der Waals surface area contributed by atoms with Crippen molar-refractivity contribution in [3.05, 3.63) is 23.8 Å². The topological polar surface area (TPSA) is 78.9 Å². The van der Waals surface area contributed by atoms with Crippen LogP contribution in [0.2, 0.25) is 0 Å². The van der Waals surface area contributed by atoms with Crippen LogP contribution in [0.1, 0.15) is 80.1 Å². The fourth-order valence-corrected chi connectivity index (χ4v) is 5.74. The molecule has 2 saturated carbocycles. The Balaban J connectivity index is 2.36. The molecule has 0 bridgehead atoms. The number of hydrogen-bond acceptors (Lipinski definition) is 6. The number of fused-ring (bicyclic) bond motifs is 1. The van der Waals surface area contributed by atoms with Crippen LogP contribution in [0.25, 0.3) is 0 Å². The summed E-state index contributed by atoms with van der Waals surface area (Å²) < 4.78 is 15.8. The van der Waals surface area contributed by atoms with Crippen LogP contribution in [0.3, 0.4) is 0 Å². The van der Waals surface area contributed by atoms with Gasteiger partial charge in [-0.25, -0.2) is 0 Å². The molecule has 5 unspecified atom stereocenters. The van der Waals surface area contributed by atoms with Crippen molar-refractivity contribution < 1.29 is 28.6 Å². The van der Waals surface area contributed by atoms with Crippen molar-refractivity contribution in [1.82, 2.24) is 0 Å². The Hall–Kier alpha value is -2.11. The number of rotatable bonds is 8. The van der Waals surface area contributed by atoms with E-state index in [9.17, 15) is 14.4 Å². The first-order valence-corrected chi connectivity index (χ1v) is 11.7. The van der Waals surface area contributed by atoms with Crippen molar-refractivity contribution in [2.75, 3.05) is 13.2 Å². The molecule has 0 amide bonds. The van der Waals surface area contributed by atoms with Gasteiger partial charge in [-0.1, -0.05) is 39.0 Å². The Morgan fingerprint density at radius 2 is 1.75 bits per heavy atom. The molecule has 5 atom stereocenters. The van der Waals surface area contributed by atoms with E-state index in [2.05, 4.69) is 27.4 Å². The first-order valence-electron chi connectivity index (χ1n) is 11.7. The minimum Gasteiger partial charge on any atom is -0.462 e. The summed E-state index contributed by atoms with van der Waals surface area (Å²) in [6.45, 7) is 15.3. The van der Waals surface area contributed by atoms with Gasteiger partial charge in [-0.05, 0) is 61.2 Å². The predicted octanol–water partition coefficient (Wildman–Crippen LogP) is 5.16. The molecule has 2 fully saturated rings. The third-order valence-corrected chi connectivity index (χ3v) is 7.97. The highest BCUT2D eigenvalue weighted by Crippen LogP contribution is 2.62.